The van der Waals surface area contributed by atoms with Gasteiger partial charge in [-0.2, -0.15) is 0 Å². The summed E-state index contributed by atoms with van der Waals surface area (Å²) >= 11 is 0. The first-order chi connectivity index (χ1) is 13.0. The van der Waals surface area contributed by atoms with Gasteiger partial charge in [0.1, 0.15) is 24.0 Å². The van der Waals surface area contributed by atoms with Gasteiger partial charge >= 0.3 is 0 Å². The summed E-state index contributed by atoms with van der Waals surface area (Å²) in [4.78, 5) is 15.6. The first kappa shape index (κ1) is 21.4. The average Bonchev–Trinajstić information content (AvgIpc) is 3.19. The second kappa shape index (κ2) is 10.4. The Labute approximate surface area is 159 Å². The maximum atomic E-state index is 11.6. The van der Waals surface area contributed by atoms with Gasteiger partial charge in [-0.1, -0.05) is 44.9 Å². The molecule has 4 atom stereocenters. The number of rotatable bonds is 9. The van der Waals surface area contributed by atoms with E-state index in [2.05, 4.69) is 23.7 Å². The molecule has 1 aliphatic rings. The molecule has 1 aliphatic heterocycles. The zero-order chi connectivity index (χ0) is 19.8. The summed E-state index contributed by atoms with van der Waals surface area (Å²) in [5, 5.41) is 29.4. The van der Waals surface area contributed by atoms with Crippen LogP contribution in [0.2, 0.25) is 0 Å². The van der Waals surface area contributed by atoms with Crippen LogP contribution in [-0.4, -0.2) is 55.7 Å². The van der Waals surface area contributed by atoms with Crippen molar-refractivity contribution in [1.82, 2.24) is 9.55 Å². The van der Waals surface area contributed by atoms with E-state index in [1.807, 2.05) is 0 Å². The number of unbranched alkanes of at least 4 members (excludes halogenated alkanes) is 6. The lowest BCUT2D eigenvalue weighted by Gasteiger charge is -2.17. The Morgan fingerprint density at radius 3 is 2.59 bits per heavy atom. The van der Waals surface area contributed by atoms with Gasteiger partial charge in [0.2, 0.25) is 0 Å². The number of carbonyl (C=O) groups is 1. The van der Waals surface area contributed by atoms with Crippen molar-refractivity contribution in [2.45, 2.75) is 76.4 Å². The molecule has 2 heterocycles. The van der Waals surface area contributed by atoms with E-state index in [0.717, 1.165) is 12.8 Å². The molecular formula is C19H29N3O5. The molecule has 2 rings (SSSR count). The highest BCUT2D eigenvalue weighted by Gasteiger charge is 2.44. The van der Waals surface area contributed by atoms with E-state index >= 15 is 0 Å². The molecule has 0 unspecified atom stereocenters. The van der Waals surface area contributed by atoms with Crippen LogP contribution in [0.4, 0.5) is 0 Å². The number of nitrogens with zero attached hydrogens (tertiary/aromatic N) is 2. The van der Waals surface area contributed by atoms with E-state index in [9.17, 15) is 20.1 Å². The highest BCUT2D eigenvalue weighted by Crippen LogP contribution is 2.30. The van der Waals surface area contributed by atoms with Crippen LogP contribution < -0.4 is 5.73 Å². The Hall–Kier alpha value is -1.92. The van der Waals surface area contributed by atoms with Gasteiger partial charge in [-0.3, -0.25) is 9.36 Å². The van der Waals surface area contributed by atoms with Crippen molar-refractivity contribution < 1.29 is 24.9 Å². The van der Waals surface area contributed by atoms with Gasteiger partial charge in [-0.05, 0) is 12.3 Å². The zero-order valence-electron chi connectivity index (χ0n) is 15.7. The molecule has 1 amide bonds. The number of ether oxygens (including phenoxy) is 1. The van der Waals surface area contributed by atoms with Gasteiger partial charge < -0.3 is 25.8 Å². The number of hydrogen-bond donors (Lipinski definition) is 4. The zero-order valence-corrected chi connectivity index (χ0v) is 15.7. The first-order valence-electron chi connectivity index (χ1n) is 9.49. The van der Waals surface area contributed by atoms with Crippen molar-refractivity contribution in [3.8, 4) is 11.8 Å². The summed E-state index contributed by atoms with van der Waals surface area (Å²) in [5.74, 6) is 5.19. The van der Waals surface area contributed by atoms with Crippen molar-refractivity contribution in [3.63, 3.8) is 0 Å². The van der Waals surface area contributed by atoms with Gasteiger partial charge in [0.05, 0.1) is 12.9 Å². The summed E-state index contributed by atoms with van der Waals surface area (Å²) in [6, 6.07) is 0. The third-order valence-electron chi connectivity index (χ3n) is 4.68. The second-order valence-corrected chi connectivity index (χ2v) is 6.76. The van der Waals surface area contributed by atoms with Crippen LogP contribution in [-0.2, 0) is 4.74 Å². The molecule has 0 radical (unpaired) electrons. The summed E-state index contributed by atoms with van der Waals surface area (Å²) in [5.41, 5.74) is 5.59. The van der Waals surface area contributed by atoms with Crippen LogP contribution in [0.5, 0.6) is 0 Å². The molecule has 1 saturated heterocycles. The smallest absolute Gasteiger partial charge is 0.270 e. The SMILES string of the molecule is CCCCCCCCC#Cc1c(C(N)=O)ncn1[C@@H]1O[C@H](CO)[C@@H](O)[C@H]1O. The summed E-state index contributed by atoms with van der Waals surface area (Å²) in [6.07, 6.45) is 4.45. The van der Waals surface area contributed by atoms with E-state index in [-0.39, 0.29) is 11.4 Å². The van der Waals surface area contributed by atoms with E-state index < -0.39 is 37.1 Å². The van der Waals surface area contributed by atoms with Gasteiger partial charge in [-0.25, -0.2) is 4.98 Å². The fourth-order valence-electron chi connectivity index (χ4n) is 3.11. The quantitative estimate of drug-likeness (QED) is 0.369. The average molecular weight is 379 g/mol. The minimum atomic E-state index is -1.28. The molecule has 0 bridgehead atoms. The van der Waals surface area contributed by atoms with Gasteiger partial charge in [0, 0.05) is 6.42 Å². The fraction of sp³-hybridized carbons (Fsp3) is 0.684. The summed E-state index contributed by atoms with van der Waals surface area (Å²) in [7, 11) is 0. The fourth-order valence-corrected chi connectivity index (χ4v) is 3.11. The lowest BCUT2D eigenvalue weighted by molar-refractivity contribution is -0.0531. The van der Waals surface area contributed by atoms with Gasteiger partial charge in [0.15, 0.2) is 11.9 Å². The minimum Gasteiger partial charge on any atom is -0.394 e. The third-order valence-corrected chi connectivity index (χ3v) is 4.68. The van der Waals surface area contributed by atoms with E-state index in [4.69, 9.17) is 10.5 Å². The largest absolute Gasteiger partial charge is 0.394 e. The molecule has 0 spiro atoms. The number of hydrogen-bond acceptors (Lipinski definition) is 6. The Kier molecular flexibility index (Phi) is 8.25. The van der Waals surface area contributed by atoms with Gasteiger partial charge in [-0.15, -0.1) is 0 Å². The Morgan fingerprint density at radius 1 is 1.26 bits per heavy atom. The molecule has 5 N–H and O–H groups in total. The van der Waals surface area contributed by atoms with Crippen molar-refractivity contribution in [2.75, 3.05) is 6.61 Å². The number of aromatic nitrogens is 2. The molecule has 0 saturated carbocycles. The highest BCUT2D eigenvalue weighted by molar-refractivity contribution is 5.93. The number of primary amides is 1. The molecule has 1 aromatic rings. The van der Waals surface area contributed by atoms with Crippen LogP contribution in [0, 0.1) is 11.8 Å². The Balaban J connectivity index is 2.08. The molecule has 0 aliphatic carbocycles. The maximum absolute atomic E-state index is 11.6. The maximum Gasteiger partial charge on any atom is 0.270 e. The van der Waals surface area contributed by atoms with Crippen LogP contribution in [0.15, 0.2) is 6.33 Å². The summed E-state index contributed by atoms with van der Waals surface area (Å²) < 4.78 is 6.88. The van der Waals surface area contributed by atoms with Crippen molar-refractivity contribution >= 4 is 5.91 Å². The van der Waals surface area contributed by atoms with Crippen molar-refractivity contribution in [1.29, 1.82) is 0 Å². The number of imidazole rings is 1. The summed E-state index contributed by atoms with van der Waals surface area (Å²) in [6.45, 7) is 1.74. The van der Waals surface area contributed by atoms with Crippen LogP contribution in [0.3, 0.4) is 0 Å². The van der Waals surface area contributed by atoms with Gasteiger partial charge in [0.25, 0.3) is 5.91 Å². The standard InChI is InChI=1S/C19H29N3O5/c1-2-3-4-5-6-7-8-9-10-13-15(18(20)26)21-12-22(13)19-17(25)16(24)14(11-23)27-19/h12,14,16-17,19,23-25H,2-8,11H2,1H3,(H2,20,26)/t14-,16-,17-,19-/m1/s1. The molecular weight excluding hydrogens is 350 g/mol. The molecule has 8 heteroatoms. The molecule has 1 aromatic heterocycles. The van der Waals surface area contributed by atoms with E-state index in [0.29, 0.717) is 6.42 Å². The van der Waals surface area contributed by atoms with Crippen LogP contribution in [0.1, 0.15) is 74.3 Å². The predicted octanol–water partition coefficient (Wildman–Crippen LogP) is 0.696. The van der Waals surface area contributed by atoms with Crippen LogP contribution >= 0.6 is 0 Å². The molecule has 150 valence electrons. The molecule has 27 heavy (non-hydrogen) atoms. The minimum absolute atomic E-state index is 0.0109. The lowest BCUT2D eigenvalue weighted by Crippen LogP contribution is -2.33. The lowest BCUT2D eigenvalue weighted by atomic mass is 10.1. The van der Waals surface area contributed by atoms with Crippen LogP contribution in [0.25, 0.3) is 0 Å². The Morgan fingerprint density at radius 2 is 1.96 bits per heavy atom. The molecule has 1 fully saturated rings. The number of aliphatic hydroxyl groups excluding tert-OH is 3. The topological polar surface area (TPSA) is 131 Å². The second-order valence-electron chi connectivity index (χ2n) is 6.76. The molecule has 0 aromatic carbocycles. The first-order valence-corrected chi connectivity index (χ1v) is 9.49. The van der Waals surface area contributed by atoms with E-state index in [1.165, 1.54) is 36.6 Å². The Bertz CT molecular complexity index is 679. The number of nitrogens with two attached hydrogens (primary N) is 1. The normalized spacial score (nSPS) is 24.6. The molecule has 8 nitrogen and oxygen atoms in total. The predicted molar refractivity (Wildman–Crippen MR) is 98.6 cm³/mol. The monoisotopic (exact) mass is 379 g/mol. The number of aliphatic hydroxyl groups is 3. The number of carbonyl (C=O) groups excluding carboxylic acids is 1. The number of amides is 1. The highest BCUT2D eigenvalue weighted by atomic mass is 16.6. The van der Waals surface area contributed by atoms with Crippen molar-refractivity contribution in [2.24, 2.45) is 5.73 Å². The third kappa shape index (κ3) is 5.30. The van der Waals surface area contributed by atoms with E-state index in [1.54, 1.807) is 0 Å². The van der Waals surface area contributed by atoms with Crippen molar-refractivity contribution in [3.05, 3.63) is 17.7 Å².